The first-order chi connectivity index (χ1) is 19.9. The lowest BCUT2D eigenvalue weighted by Crippen LogP contribution is -2.52. The Morgan fingerprint density at radius 1 is 1.00 bits per heavy atom. The molecule has 0 radical (unpaired) electrons. The Labute approximate surface area is 262 Å². The zero-order chi connectivity index (χ0) is 31.0. The molecule has 0 saturated carbocycles. The molecule has 3 rings (SSSR count). The summed E-state index contributed by atoms with van der Waals surface area (Å²) in [5, 5.41) is 3.56. The first-order valence-corrected chi connectivity index (χ1v) is 16.7. The lowest BCUT2D eigenvalue weighted by Gasteiger charge is -2.33. The van der Waals surface area contributed by atoms with E-state index in [4.69, 9.17) is 27.9 Å². The highest BCUT2D eigenvalue weighted by molar-refractivity contribution is 7.98. The highest BCUT2D eigenvalue weighted by Gasteiger charge is 2.34. The van der Waals surface area contributed by atoms with Gasteiger partial charge in [0, 0.05) is 27.5 Å². The summed E-state index contributed by atoms with van der Waals surface area (Å²) in [6.45, 7) is 6.64. The molecule has 3 aromatic rings. The summed E-state index contributed by atoms with van der Waals surface area (Å²) in [6, 6.07) is 16.8. The SMILES string of the molecule is CCOc1ccccc1N(CC(=O)N(Cc1ccc(Cl)cc1Cl)C(C)C(=O)NC(C)C)S(=O)(=O)c1ccc(SC)cc1. The number of para-hydroxylation sites is 2. The number of nitrogens with one attached hydrogen (secondary N) is 1. The normalized spacial score (nSPS) is 12.1. The lowest BCUT2D eigenvalue weighted by atomic mass is 10.1. The van der Waals surface area contributed by atoms with Crippen LogP contribution in [-0.2, 0) is 26.2 Å². The van der Waals surface area contributed by atoms with Gasteiger partial charge in [-0.2, -0.15) is 0 Å². The fraction of sp³-hybridized carbons (Fsp3) is 0.333. The molecule has 0 heterocycles. The van der Waals surface area contributed by atoms with Gasteiger partial charge in [-0.15, -0.1) is 11.8 Å². The van der Waals surface area contributed by atoms with Crippen LogP contribution in [0.15, 0.2) is 76.5 Å². The number of nitrogens with zero attached hydrogens (tertiary/aromatic N) is 2. The van der Waals surface area contributed by atoms with Crippen molar-refractivity contribution in [2.24, 2.45) is 0 Å². The van der Waals surface area contributed by atoms with E-state index in [-0.39, 0.29) is 35.7 Å². The average molecular weight is 653 g/mol. The monoisotopic (exact) mass is 651 g/mol. The van der Waals surface area contributed by atoms with Crippen LogP contribution in [0.3, 0.4) is 0 Å². The van der Waals surface area contributed by atoms with E-state index in [2.05, 4.69) is 5.32 Å². The summed E-state index contributed by atoms with van der Waals surface area (Å²) < 4.78 is 35.0. The number of hydrogen-bond donors (Lipinski definition) is 1. The minimum atomic E-state index is -4.25. The molecule has 0 saturated heterocycles. The van der Waals surface area contributed by atoms with Crippen LogP contribution in [0.25, 0.3) is 0 Å². The lowest BCUT2D eigenvalue weighted by molar-refractivity contribution is -0.139. The molecule has 8 nitrogen and oxygen atoms in total. The molecule has 12 heteroatoms. The van der Waals surface area contributed by atoms with E-state index in [9.17, 15) is 18.0 Å². The Kier molecular flexibility index (Phi) is 12.0. The number of thioether (sulfide) groups is 1. The molecule has 0 bridgehead atoms. The second kappa shape index (κ2) is 15.0. The largest absolute Gasteiger partial charge is 0.492 e. The molecule has 0 fully saturated rings. The molecule has 226 valence electrons. The molecule has 1 unspecified atom stereocenters. The zero-order valence-electron chi connectivity index (χ0n) is 24.1. The van der Waals surface area contributed by atoms with Gasteiger partial charge in [-0.3, -0.25) is 13.9 Å². The van der Waals surface area contributed by atoms with Gasteiger partial charge in [0.1, 0.15) is 18.3 Å². The average Bonchev–Trinajstić information content (AvgIpc) is 2.95. The molecule has 0 aliphatic rings. The number of sulfonamides is 1. The van der Waals surface area contributed by atoms with Crippen LogP contribution in [0.2, 0.25) is 10.0 Å². The minimum absolute atomic E-state index is 0.0114. The smallest absolute Gasteiger partial charge is 0.264 e. The maximum Gasteiger partial charge on any atom is 0.264 e. The van der Waals surface area contributed by atoms with Crippen LogP contribution in [0.4, 0.5) is 5.69 Å². The third-order valence-electron chi connectivity index (χ3n) is 6.31. The number of carbonyl (C=O) groups is 2. The Bertz CT molecular complexity index is 1500. The highest BCUT2D eigenvalue weighted by atomic mass is 35.5. The highest BCUT2D eigenvalue weighted by Crippen LogP contribution is 2.33. The third-order valence-corrected chi connectivity index (χ3v) is 9.42. The summed E-state index contributed by atoms with van der Waals surface area (Å²) >= 11 is 14.0. The zero-order valence-corrected chi connectivity index (χ0v) is 27.3. The quantitative estimate of drug-likeness (QED) is 0.220. The molecule has 3 aromatic carbocycles. The van der Waals surface area contributed by atoms with E-state index in [1.165, 1.54) is 28.8 Å². The number of anilines is 1. The predicted molar refractivity (Wildman–Crippen MR) is 170 cm³/mol. The Hall–Kier alpha value is -2.92. The molecule has 0 spiro atoms. The van der Waals surface area contributed by atoms with E-state index in [1.54, 1.807) is 68.4 Å². The molecule has 42 heavy (non-hydrogen) atoms. The van der Waals surface area contributed by atoms with Gasteiger partial charge in [-0.1, -0.05) is 41.4 Å². The second-order valence-electron chi connectivity index (χ2n) is 9.68. The number of hydrogen-bond acceptors (Lipinski definition) is 6. The van der Waals surface area contributed by atoms with Crippen molar-refractivity contribution >= 4 is 62.5 Å². The van der Waals surface area contributed by atoms with Gasteiger partial charge in [-0.25, -0.2) is 8.42 Å². The number of carbonyl (C=O) groups excluding carboxylic acids is 2. The van der Waals surface area contributed by atoms with Gasteiger partial charge >= 0.3 is 0 Å². The van der Waals surface area contributed by atoms with E-state index in [0.29, 0.717) is 21.4 Å². The van der Waals surface area contributed by atoms with Crippen LogP contribution in [0.1, 0.15) is 33.3 Å². The van der Waals surface area contributed by atoms with Crippen molar-refractivity contribution in [2.75, 3.05) is 23.7 Å². The van der Waals surface area contributed by atoms with Crippen LogP contribution < -0.4 is 14.4 Å². The topological polar surface area (TPSA) is 96.0 Å². The first kappa shape index (κ1) is 33.6. The van der Waals surface area contributed by atoms with Crippen molar-refractivity contribution in [1.29, 1.82) is 0 Å². The molecule has 0 aliphatic heterocycles. The predicted octanol–water partition coefficient (Wildman–Crippen LogP) is 6.25. The van der Waals surface area contributed by atoms with Gasteiger partial charge in [0.05, 0.1) is 17.2 Å². The summed E-state index contributed by atoms with van der Waals surface area (Å²) in [7, 11) is -4.25. The molecule has 1 N–H and O–H groups in total. The second-order valence-corrected chi connectivity index (χ2v) is 13.3. The van der Waals surface area contributed by atoms with Gasteiger partial charge in [0.2, 0.25) is 11.8 Å². The van der Waals surface area contributed by atoms with Crippen molar-refractivity contribution in [1.82, 2.24) is 10.2 Å². The van der Waals surface area contributed by atoms with E-state index in [1.807, 2.05) is 20.1 Å². The minimum Gasteiger partial charge on any atom is -0.492 e. The van der Waals surface area contributed by atoms with Crippen LogP contribution in [-0.4, -0.2) is 56.6 Å². The van der Waals surface area contributed by atoms with Crippen molar-refractivity contribution in [3.8, 4) is 5.75 Å². The van der Waals surface area contributed by atoms with Gasteiger partial charge in [-0.05, 0) is 88.0 Å². The molecular weight excluding hydrogens is 617 g/mol. The number of ether oxygens (including phenoxy) is 1. The first-order valence-electron chi connectivity index (χ1n) is 13.3. The maximum absolute atomic E-state index is 14.1. The van der Waals surface area contributed by atoms with E-state index in [0.717, 1.165) is 9.20 Å². The van der Waals surface area contributed by atoms with Gasteiger partial charge < -0.3 is 15.0 Å². The maximum atomic E-state index is 14.1. The van der Waals surface area contributed by atoms with Gasteiger partial charge in [0.15, 0.2) is 0 Å². The third kappa shape index (κ3) is 8.34. The Morgan fingerprint density at radius 2 is 1.67 bits per heavy atom. The Morgan fingerprint density at radius 3 is 2.26 bits per heavy atom. The van der Waals surface area contributed by atoms with E-state index >= 15 is 0 Å². The fourth-order valence-electron chi connectivity index (χ4n) is 4.15. The van der Waals surface area contributed by atoms with Crippen molar-refractivity contribution in [2.45, 2.75) is 56.1 Å². The van der Waals surface area contributed by atoms with Gasteiger partial charge in [0.25, 0.3) is 10.0 Å². The van der Waals surface area contributed by atoms with E-state index < -0.39 is 28.5 Å². The summed E-state index contributed by atoms with van der Waals surface area (Å²) in [5.41, 5.74) is 0.751. The number of benzene rings is 3. The number of halogens is 2. The summed E-state index contributed by atoms with van der Waals surface area (Å²) in [6.07, 6.45) is 1.89. The summed E-state index contributed by atoms with van der Waals surface area (Å²) in [5.74, 6) is -0.696. The molecular formula is C30H35Cl2N3O5S2. The van der Waals surface area contributed by atoms with Crippen molar-refractivity contribution in [3.63, 3.8) is 0 Å². The van der Waals surface area contributed by atoms with Crippen LogP contribution in [0, 0.1) is 0 Å². The van der Waals surface area contributed by atoms with Crippen LogP contribution in [0.5, 0.6) is 5.75 Å². The molecule has 0 aliphatic carbocycles. The standard InChI is InChI=1S/C30H35Cl2N3O5S2/c1-6-40-28-10-8-7-9-27(28)35(42(38,39)25-15-13-24(41-5)14-16-25)19-29(36)34(21(4)30(37)33-20(2)3)18-22-11-12-23(31)17-26(22)32/h7-17,20-21H,6,18-19H2,1-5H3,(H,33,37). The van der Waals surface area contributed by atoms with Crippen molar-refractivity contribution < 1.29 is 22.7 Å². The fourth-order valence-corrected chi connectivity index (χ4v) is 6.45. The number of rotatable bonds is 13. The Balaban J connectivity index is 2.11. The van der Waals surface area contributed by atoms with Crippen molar-refractivity contribution in [3.05, 3.63) is 82.3 Å². The summed E-state index contributed by atoms with van der Waals surface area (Å²) in [4.78, 5) is 29.4. The number of amides is 2. The van der Waals surface area contributed by atoms with Crippen LogP contribution >= 0.6 is 35.0 Å². The molecule has 0 aromatic heterocycles. The molecule has 1 atom stereocenters. The molecule has 2 amide bonds.